The monoisotopic (exact) mass is 606 g/mol. The zero-order valence-corrected chi connectivity index (χ0v) is 26.1. The fourth-order valence-corrected chi connectivity index (χ4v) is 4.37. The average molecular weight is 607 g/mol. The molecule has 0 aromatic heterocycles. The summed E-state index contributed by atoms with van der Waals surface area (Å²) >= 11 is 6.33. The van der Waals surface area contributed by atoms with E-state index in [1.165, 1.54) is 50.3 Å². The predicted octanol–water partition coefficient (Wildman–Crippen LogP) is 9.89. The number of allylic oxidation sites excluding steroid dienone is 1. The maximum absolute atomic E-state index is 12.7. The molecule has 230 valence electrons. The standard InChI is InChI=1S/C36H43ClO6/c1-4-6-7-8-9-10-11-12-13-24-40-30-17-14-28(15-18-30)35(38)43-34-23-16-29(25-33(34)37)36(39)42-32-21-19-31(20-22-32)41-26-27(3)5-2/h4,14-23,25,27H,1,5-13,24,26H2,2-3H3/t27-/m0/s1. The van der Waals surface area contributed by atoms with Gasteiger partial charge < -0.3 is 18.9 Å². The summed E-state index contributed by atoms with van der Waals surface area (Å²) in [5.41, 5.74) is 0.590. The Morgan fingerprint density at radius 2 is 1.30 bits per heavy atom. The first-order valence-electron chi connectivity index (χ1n) is 15.2. The molecule has 0 N–H and O–H groups in total. The first-order valence-corrected chi connectivity index (χ1v) is 15.6. The van der Waals surface area contributed by atoms with Gasteiger partial charge in [-0.25, -0.2) is 9.59 Å². The molecule has 7 heteroatoms. The van der Waals surface area contributed by atoms with Crippen LogP contribution in [0.4, 0.5) is 0 Å². The Morgan fingerprint density at radius 3 is 1.95 bits per heavy atom. The second-order valence-corrected chi connectivity index (χ2v) is 11.1. The van der Waals surface area contributed by atoms with Crippen molar-refractivity contribution in [3.05, 3.63) is 95.5 Å². The molecule has 0 heterocycles. The van der Waals surface area contributed by atoms with Gasteiger partial charge in [0.05, 0.1) is 29.4 Å². The fraction of sp³-hybridized carbons (Fsp3) is 0.389. The van der Waals surface area contributed by atoms with Crippen LogP contribution in [0.15, 0.2) is 79.4 Å². The van der Waals surface area contributed by atoms with E-state index in [0.717, 1.165) is 25.7 Å². The molecule has 3 rings (SSSR count). The fourth-order valence-electron chi connectivity index (χ4n) is 4.15. The van der Waals surface area contributed by atoms with E-state index in [9.17, 15) is 9.59 Å². The van der Waals surface area contributed by atoms with Gasteiger partial charge in [-0.15, -0.1) is 6.58 Å². The number of unbranched alkanes of at least 4 members (excludes halogenated alkanes) is 7. The second kappa shape index (κ2) is 18.7. The summed E-state index contributed by atoms with van der Waals surface area (Å²) in [6.45, 7) is 9.27. The van der Waals surface area contributed by atoms with Crippen molar-refractivity contribution in [2.24, 2.45) is 5.92 Å². The van der Waals surface area contributed by atoms with Gasteiger partial charge in [-0.05, 0) is 91.9 Å². The van der Waals surface area contributed by atoms with E-state index in [0.29, 0.717) is 41.9 Å². The van der Waals surface area contributed by atoms with Gasteiger partial charge in [0, 0.05) is 0 Å². The molecular formula is C36H43ClO6. The Labute approximate surface area is 261 Å². The third-order valence-electron chi connectivity index (χ3n) is 7.05. The summed E-state index contributed by atoms with van der Waals surface area (Å²) in [6.07, 6.45) is 12.5. The van der Waals surface area contributed by atoms with E-state index in [4.69, 9.17) is 30.5 Å². The Bertz CT molecular complexity index is 1290. The van der Waals surface area contributed by atoms with Crippen molar-refractivity contribution in [2.75, 3.05) is 13.2 Å². The van der Waals surface area contributed by atoms with Gasteiger partial charge in [-0.1, -0.05) is 70.0 Å². The highest BCUT2D eigenvalue weighted by molar-refractivity contribution is 6.32. The molecule has 0 fully saturated rings. The van der Waals surface area contributed by atoms with E-state index in [1.54, 1.807) is 48.5 Å². The molecule has 0 bridgehead atoms. The predicted molar refractivity (Wildman–Crippen MR) is 172 cm³/mol. The van der Waals surface area contributed by atoms with Crippen LogP contribution in [0.2, 0.25) is 5.02 Å². The van der Waals surface area contributed by atoms with Crippen LogP contribution in [-0.2, 0) is 0 Å². The number of rotatable bonds is 19. The van der Waals surface area contributed by atoms with Gasteiger partial charge in [0.2, 0.25) is 0 Å². The van der Waals surface area contributed by atoms with Crippen LogP contribution in [0.5, 0.6) is 23.0 Å². The van der Waals surface area contributed by atoms with E-state index in [-0.39, 0.29) is 16.3 Å². The SMILES string of the molecule is C=CCCCCCCCCCOc1ccc(C(=O)Oc2ccc(C(=O)Oc3ccc(OC[C@@H](C)CC)cc3)cc2Cl)cc1. The number of hydrogen-bond acceptors (Lipinski definition) is 6. The largest absolute Gasteiger partial charge is 0.494 e. The smallest absolute Gasteiger partial charge is 0.343 e. The van der Waals surface area contributed by atoms with Crippen LogP contribution < -0.4 is 18.9 Å². The molecule has 0 amide bonds. The molecule has 0 aliphatic rings. The van der Waals surface area contributed by atoms with E-state index < -0.39 is 11.9 Å². The molecule has 0 unspecified atom stereocenters. The molecule has 0 radical (unpaired) electrons. The minimum Gasteiger partial charge on any atom is -0.494 e. The number of benzene rings is 3. The lowest BCUT2D eigenvalue weighted by atomic mass is 10.1. The van der Waals surface area contributed by atoms with Crippen molar-refractivity contribution in [3.8, 4) is 23.0 Å². The van der Waals surface area contributed by atoms with Gasteiger partial charge in [-0.3, -0.25) is 0 Å². The summed E-state index contributed by atoms with van der Waals surface area (Å²) in [4.78, 5) is 25.3. The average Bonchev–Trinajstić information content (AvgIpc) is 3.02. The topological polar surface area (TPSA) is 71.1 Å². The Morgan fingerprint density at radius 1 is 0.744 bits per heavy atom. The summed E-state index contributed by atoms with van der Waals surface area (Å²) in [6, 6.07) is 18.1. The van der Waals surface area contributed by atoms with Gasteiger partial charge >= 0.3 is 11.9 Å². The normalized spacial score (nSPS) is 11.4. The Balaban J connectivity index is 1.41. The van der Waals surface area contributed by atoms with Crippen molar-refractivity contribution >= 4 is 23.5 Å². The lowest BCUT2D eigenvalue weighted by molar-refractivity contribution is 0.0730. The minimum atomic E-state index is -0.581. The van der Waals surface area contributed by atoms with Crippen LogP contribution >= 0.6 is 11.6 Å². The maximum atomic E-state index is 12.7. The van der Waals surface area contributed by atoms with Gasteiger partial charge in [0.15, 0.2) is 0 Å². The number of esters is 2. The molecule has 3 aromatic rings. The van der Waals surface area contributed by atoms with Crippen LogP contribution in [0.3, 0.4) is 0 Å². The molecule has 0 saturated heterocycles. The lowest BCUT2D eigenvalue weighted by Gasteiger charge is -2.11. The van der Waals surface area contributed by atoms with Gasteiger partial charge in [0.25, 0.3) is 0 Å². The van der Waals surface area contributed by atoms with E-state index in [1.807, 2.05) is 6.08 Å². The number of hydrogen-bond donors (Lipinski definition) is 0. The first kappa shape index (κ1) is 33.7. The third-order valence-corrected chi connectivity index (χ3v) is 7.34. The number of halogens is 1. The molecule has 3 aromatic carbocycles. The maximum Gasteiger partial charge on any atom is 0.343 e. The number of ether oxygens (including phenoxy) is 4. The quantitative estimate of drug-likeness (QED) is 0.0585. The van der Waals surface area contributed by atoms with Crippen LogP contribution in [-0.4, -0.2) is 25.2 Å². The summed E-state index contributed by atoms with van der Waals surface area (Å²) in [5.74, 6) is 1.26. The summed E-state index contributed by atoms with van der Waals surface area (Å²) in [5, 5.41) is 0.119. The number of carbonyl (C=O) groups excluding carboxylic acids is 2. The molecule has 0 aliphatic carbocycles. The van der Waals surface area contributed by atoms with Crippen molar-refractivity contribution in [1.82, 2.24) is 0 Å². The van der Waals surface area contributed by atoms with Gasteiger partial charge in [-0.2, -0.15) is 0 Å². The number of carbonyl (C=O) groups is 2. The van der Waals surface area contributed by atoms with Crippen LogP contribution in [0.25, 0.3) is 0 Å². The van der Waals surface area contributed by atoms with Crippen LogP contribution in [0.1, 0.15) is 92.4 Å². The zero-order chi connectivity index (χ0) is 30.9. The van der Waals surface area contributed by atoms with Crippen molar-refractivity contribution in [1.29, 1.82) is 0 Å². The Hall–Kier alpha value is -3.77. The molecule has 43 heavy (non-hydrogen) atoms. The van der Waals surface area contributed by atoms with Gasteiger partial charge in [0.1, 0.15) is 23.0 Å². The Kier molecular flexibility index (Phi) is 14.7. The van der Waals surface area contributed by atoms with Crippen molar-refractivity contribution < 1.29 is 28.5 Å². The molecule has 0 spiro atoms. The molecule has 0 aliphatic heterocycles. The molecule has 0 saturated carbocycles. The summed E-state index contributed by atoms with van der Waals surface area (Å²) in [7, 11) is 0. The van der Waals surface area contributed by atoms with E-state index in [2.05, 4.69) is 20.4 Å². The highest BCUT2D eigenvalue weighted by atomic mass is 35.5. The van der Waals surface area contributed by atoms with Crippen molar-refractivity contribution in [2.45, 2.75) is 71.6 Å². The lowest BCUT2D eigenvalue weighted by Crippen LogP contribution is -2.11. The minimum absolute atomic E-state index is 0.119. The second-order valence-electron chi connectivity index (χ2n) is 10.6. The zero-order valence-electron chi connectivity index (χ0n) is 25.3. The summed E-state index contributed by atoms with van der Waals surface area (Å²) < 4.78 is 22.5. The highest BCUT2D eigenvalue weighted by Crippen LogP contribution is 2.28. The highest BCUT2D eigenvalue weighted by Gasteiger charge is 2.15. The molecule has 1 atom stereocenters. The first-order chi connectivity index (χ1) is 20.9. The van der Waals surface area contributed by atoms with Crippen molar-refractivity contribution in [3.63, 3.8) is 0 Å². The molecule has 6 nitrogen and oxygen atoms in total. The molecular weight excluding hydrogens is 564 g/mol. The van der Waals surface area contributed by atoms with Crippen LogP contribution in [0, 0.1) is 5.92 Å². The van der Waals surface area contributed by atoms with E-state index >= 15 is 0 Å². The third kappa shape index (κ3) is 12.2.